The third-order valence-corrected chi connectivity index (χ3v) is 4.96. The van der Waals surface area contributed by atoms with E-state index in [1.54, 1.807) is 41.3 Å². The topological polar surface area (TPSA) is 76.8 Å². The third kappa shape index (κ3) is 6.00. The molecule has 0 saturated heterocycles. The molecule has 0 atom stereocenters. The van der Waals surface area contributed by atoms with E-state index in [0.717, 1.165) is 11.8 Å². The van der Waals surface area contributed by atoms with Gasteiger partial charge in [0.05, 0.1) is 29.6 Å². The van der Waals surface area contributed by atoms with Gasteiger partial charge in [0.2, 0.25) is 0 Å². The Morgan fingerprint density at radius 2 is 1.79 bits per heavy atom. The summed E-state index contributed by atoms with van der Waals surface area (Å²) in [5.74, 6) is 0.515. The van der Waals surface area contributed by atoms with Gasteiger partial charge in [-0.25, -0.2) is 0 Å². The maximum atomic E-state index is 13.1. The van der Waals surface area contributed by atoms with Gasteiger partial charge in [-0.1, -0.05) is 35.3 Å². The highest BCUT2D eigenvalue weighted by Gasteiger charge is 2.20. The molecule has 9 heteroatoms. The number of carbonyl (C=O) groups excluding carboxylic acids is 1. The van der Waals surface area contributed by atoms with Crippen LogP contribution in [0.4, 0.5) is 0 Å². The summed E-state index contributed by atoms with van der Waals surface area (Å²) in [6, 6.07) is 14.6. The summed E-state index contributed by atoms with van der Waals surface area (Å²) in [5, 5.41) is 0.689. The molecule has 3 aromatic rings. The normalized spacial score (nSPS) is 11.3. The monoisotopic (exact) mass is 453 g/mol. The van der Waals surface area contributed by atoms with E-state index in [9.17, 15) is 13.2 Å². The second-order valence-corrected chi connectivity index (χ2v) is 8.71. The fourth-order valence-corrected chi connectivity index (χ4v) is 3.62. The molecule has 0 bridgehead atoms. The van der Waals surface area contributed by atoms with E-state index in [1.807, 2.05) is 0 Å². The van der Waals surface area contributed by atoms with Gasteiger partial charge in [-0.2, -0.15) is 8.42 Å². The Kier molecular flexibility index (Phi) is 6.52. The van der Waals surface area contributed by atoms with Crippen molar-refractivity contribution < 1.29 is 21.8 Å². The number of nitrogens with zero attached hydrogens (tertiary/aromatic N) is 1. The maximum Gasteiger partial charge on any atom is 0.306 e. The van der Waals surface area contributed by atoms with Crippen LogP contribution in [0.5, 0.6) is 5.75 Å². The van der Waals surface area contributed by atoms with Crippen LogP contribution in [0.3, 0.4) is 0 Å². The second-order valence-electron chi connectivity index (χ2n) is 6.30. The number of benzene rings is 2. The predicted octanol–water partition coefficient (Wildman–Crippen LogP) is 4.77. The van der Waals surface area contributed by atoms with E-state index in [1.165, 1.54) is 24.5 Å². The third-order valence-electron chi connectivity index (χ3n) is 3.92. The van der Waals surface area contributed by atoms with Crippen molar-refractivity contribution in [2.75, 3.05) is 6.26 Å². The van der Waals surface area contributed by atoms with Crippen molar-refractivity contribution in [3.63, 3.8) is 0 Å². The first-order valence-corrected chi connectivity index (χ1v) is 11.0. The quantitative estimate of drug-likeness (QED) is 0.481. The highest BCUT2D eigenvalue weighted by Crippen LogP contribution is 2.24. The number of halogens is 2. The lowest BCUT2D eigenvalue weighted by Crippen LogP contribution is -2.30. The van der Waals surface area contributed by atoms with Crippen molar-refractivity contribution in [2.45, 2.75) is 13.1 Å². The zero-order valence-corrected chi connectivity index (χ0v) is 17.7. The summed E-state index contributed by atoms with van der Waals surface area (Å²) in [4.78, 5) is 14.7. The van der Waals surface area contributed by atoms with Gasteiger partial charge in [0.1, 0.15) is 11.5 Å². The molecule has 0 aliphatic heterocycles. The molecule has 0 aliphatic carbocycles. The Labute approximate surface area is 178 Å². The number of hydrogen-bond donors (Lipinski definition) is 0. The molecule has 1 amide bonds. The Hall–Kier alpha value is -2.48. The molecule has 2 aromatic carbocycles. The molecule has 0 spiro atoms. The minimum atomic E-state index is -3.61. The van der Waals surface area contributed by atoms with E-state index < -0.39 is 10.1 Å². The van der Waals surface area contributed by atoms with Gasteiger partial charge < -0.3 is 13.5 Å². The minimum absolute atomic E-state index is 0.195. The van der Waals surface area contributed by atoms with Crippen LogP contribution in [0, 0.1) is 0 Å². The first-order chi connectivity index (χ1) is 13.7. The SMILES string of the molecule is CS(=O)(=O)Oc1ccc(CN(Cc2ccco2)C(=O)c2ccc(Cl)cc2Cl)cc1. The Bertz CT molecular complexity index is 1100. The lowest BCUT2D eigenvalue weighted by Gasteiger charge is -2.22. The highest BCUT2D eigenvalue weighted by atomic mass is 35.5. The summed E-state index contributed by atoms with van der Waals surface area (Å²) >= 11 is 12.1. The first-order valence-electron chi connectivity index (χ1n) is 8.46. The molecule has 0 aliphatic rings. The van der Waals surface area contributed by atoms with Gasteiger partial charge in [0.15, 0.2) is 0 Å². The number of hydrogen-bond acceptors (Lipinski definition) is 5. The fraction of sp³-hybridized carbons (Fsp3) is 0.150. The van der Waals surface area contributed by atoms with Crippen LogP contribution in [-0.4, -0.2) is 25.5 Å². The lowest BCUT2D eigenvalue weighted by atomic mass is 10.1. The average Bonchev–Trinajstić information content (AvgIpc) is 3.14. The largest absolute Gasteiger partial charge is 0.467 e. The van der Waals surface area contributed by atoms with Crippen LogP contribution in [0.15, 0.2) is 65.3 Å². The number of carbonyl (C=O) groups is 1. The molecule has 1 aromatic heterocycles. The van der Waals surface area contributed by atoms with Crippen LogP contribution in [0.25, 0.3) is 0 Å². The number of furan rings is 1. The summed E-state index contributed by atoms with van der Waals surface area (Å²) in [7, 11) is -3.61. The average molecular weight is 454 g/mol. The van der Waals surface area contributed by atoms with Crippen LogP contribution in [0.2, 0.25) is 10.0 Å². The van der Waals surface area contributed by atoms with Crippen LogP contribution < -0.4 is 4.18 Å². The lowest BCUT2D eigenvalue weighted by molar-refractivity contribution is 0.0718. The smallest absolute Gasteiger partial charge is 0.306 e. The van der Waals surface area contributed by atoms with Crippen molar-refractivity contribution in [2.24, 2.45) is 0 Å². The zero-order chi connectivity index (χ0) is 21.0. The Balaban J connectivity index is 1.84. The van der Waals surface area contributed by atoms with E-state index in [4.69, 9.17) is 31.8 Å². The van der Waals surface area contributed by atoms with Crippen LogP contribution >= 0.6 is 23.2 Å². The van der Waals surface area contributed by atoms with Crippen molar-refractivity contribution >= 4 is 39.2 Å². The van der Waals surface area contributed by atoms with Gasteiger partial charge >= 0.3 is 10.1 Å². The van der Waals surface area contributed by atoms with E-state index in [2.05, 4.69) is 0 Å². The molecule has 3 rings (SSSR count). The molecule has 0 fully saturated rings. The van der Waals surface area contributed by atoms with Gasteiger partial charge in [-0.15, -0.1) is 0 Å². The second kappa shape index (κ2) is 8.90. The standard InChI is InChI=1S/C20H17Cl2NO5S/c1-29(25,26)28-16-7-4-14(5-8-16)12-23(13-17-3-2-10-27-17)20(24)18-9-6-15(21)11-19(18)22/h2-11H,12-13H2,1H3. The number of amides is 1. The molecule has 0 unspecified atom stereocenters. The minimum Gasteiger partial charge on any atom is -0.467 e. The molecule has 152 valence electrons. The van der Waals surface area contributed by atoms with Crippen molar-refractivity contribution in [3.8, 4) is 5.75 Å². The summed E-state index contributed by atoms with van der Waals surface area (Å²) in [5.41, 5.74) is 1.09. The molecular formula is C20H17Cl2NO5S. The highest BCUT2D eigenvalue weighted by molar-refractivity contribution is 7.86. The Morgan fingerprint density at radius 3 is 2.38 bits per heavy atom. The maximum absolute atomic E-state index is 13.1. The van der Waals surface area contributed by atoms with Gasteiger partial charge in [0, 0.05) is 11.6 Å². The van der Waals surface area contributed by atoms with Gasteiger partial charge in [-0.3, -0.25) is 4.79 Å². The first kappa shape index (κ1) is 21.2. The van der Waals surface area contributed by atoms with Gasteiger partial charge in [0.25, 0.3) is 5.91 Å². The van der Waals surface area contributed by atoms with Crippen LogP contribution in [0.1, 0.15) is 21.7 Å². The molecule has 0 saturated carbocycles. The molecule has 0 radical (unpaired) electrons. The number of rotatable bonds is 7. The van der Waals surface area contributed by atoms with Crippen molar-refractivity contribution in [3.05, 3.63) is 87.8 Å². The van der Waals surface area contributed by atoms with E-state index in [0.29, 0.717) is 16.3 Å². The zero-order valence-electron chi connectivity index (χ0n) is 15.3. The summed E-state index contributed by atoms with van der Waals surface area (Å²) in [6.07, 6.45) is 2.51. The fourth-order valence-electron chi connectivity index (χ4n) is 2.67. The summed E-state index contributed by atoms with van der Waals surface area (Å²) in [6.45, 7) is 0.476. The van der Waals surface area contributed by atoms with E-state index >= 15 is 0 Å². The molecule has 6 nitrogen and oxygen atoms in total. The van der Waals surface area contributed by atoms with E-state index in [-0.39, 0.29) is 29.8 Å². The molecule has 1 heterocycles. The molecule has 0 N–H and O–H groups in total. The molecule has 29 heavy (non-hydrogen) atoms. The van der Waals surface area contributed by atoms with Crippen LogP contribution in [-0.2, 0) is 23.2 Å². The van der Waals surface area contributed by atoms with Gasteiger partial charge in [-0.05, 0) is 48.0 Å². The summed E-state index contributed by atoms with van der Waals surface area (Å²) < 4.78 is 32.7. The van der Waals surface area contributed by atoms with Crippen molar-refractivity contribution in [1.29, 1.82) is 0 Å². The Morgan fingerprint density at radius 1 is 1.07 bits per heavy atom. The predicted molar refractivity (Wildman–Crippen MR) is 111 cm³/mol. The van der Waals surface area contributed by atoms with Crippen molar-refractivity contribution in [1.82, 2.24) is 4.90 Å². The molecular weight excluding hydrogens is 437 g/mol.